The molecule has 22 heavy (non-hydrogen) atoms. The fourth-order valence-electron chi connectivity index (χ4n) is 2.09. The molecule has 8 heteroatoms. The highest BCUT2D eigenvalue weighted by Gasteiger charge is 2.28. The first-order valence-electron chi connectivity index (χ1n) is 6.77. The molecule has 1 fully saturated rings. The zero-order valence-corrected chi connectivity index (χ0v) is 13.5. The van der Waals surface area contributed by atoms with Gasteiger partial charge >= 0.3 is 0 Å². The second-order valence-electron chi connectivity index (χ2n) is 5.02. The van der Waals surface area contributed by atoms with E-state index in [2.05, 4.69) is 15.0 Å². The van der Waals surface area contributed by atoms with Crippen molar-refractivity contribution in [2.24, 2.45) is 0 Å². The molecule has 0 atom stereocenters. The maximum atomic E-state index is 9.41. The number of aliphatic hydroxyl groups excluding tert-OH is 2. The van der Waals surface area contributed by atoms with E-state index in [4.69, 9.17) is 11.6 Å². The van der Waals surface area contributed by atoms with E-state index in [1.807, 2.05) is 17.9 Å². The van der Waals surface area contributed by atoms with E-state index in [1.165, 1.54) is 11.8 Å². The van der Waals surface area contributed by atoms with E-state index < -0.39 is 0 Å². The van der Waals surface area contributed by atoms with Gasteiger partial charge < -0.3 is 15.1 Å². The maximum Gasteiger partial charge on any atom is 0.148 e. The van der Waals surface area contributed by atoms with Crippen LogP contribution in [0.5, 0.6) is 0 Å². The molecule has 2 N–H and O–H groups in total. The van der Waals surface area contributed by atoms with Crippen LogP contribution in [0.25, 0.3) is 0 Å². The molecule has 0 saturated carbocycles. The highest BCUT2D eigenvalue weighted by Crippen LogP contribution is 2.38. The topological polar surface area (TPSA) is 82.4 Å². The number of nitrogens with zero attached hydrogens (tertiary/aromatic N) is 4. The molecule has 1 saturated heterocycles. The van der Waals surface area contributed by atoms with Gasteiger partial charge in [0, 0.05) is 24.2 Å². The number of β-amino-alcohol motifs (C(OH)–C–C–N with tert-alkyl or cyclic N) is 1. The van der Waals surface area contributed by atoms with Crippen molar-refractivity contribution in [3.63, 3.8) is 0 Å². The van der Waals surface area contributed by atoms with Crippen molar-refractivity contribution in [1.29, 1.82) is 0 Å². The zero-order valence-electron chi connectivity index (χ0n) is 11.9. The van der Waals surface area contributed by atoms with Gasteiger partial charge in [0.2, 0.25) is 0 Å². The molecule has 1 aliphatic heterocycles. The van der Waals surface area contributed by atoms with Crippen LogP contribution in [0.4, 0.5) is 5.82 Å². The Bertz CT molecular complexity index is 695. The summed E-state index contributed by atoms with van der Waals surface area (Å²) in [7, 11) is 0. The fraction of sp³-hybridized carbons (Fsp3) is 0.357. The highest BCUT2D eigenvalue weighted by molar-refractivity contribution is 7.99. The Morgan fingerprint density at radius 1 is 1.41 bits per heavy atom. The second kappa shape index (κ2) is 6.37. The Morgan fingerprint density at radius 2 is 2.18 bits per heavy atom. The molecule has 0 unspecified atom stereocenters. The van der Waals surface area contributed by atoms with Gasteiger partial charge in [-0.05, 0) is 13.0 Å². The summed E-state index contributed by atoms with van der Waals surface area (Å²) >= 11 is 7.83. The van der Waals surface area contributed by atoms with E-state index in [9.17, 15) is 10.2 Å². The van der Waals surface area contributed by atoms with Gasteiger partial charge in [0.1, 0.15) is 10.8 Å². The molecule has 0 aromatic carbocycles. The number of hydrogen-bond acceptors (Lipinski definition) is 7. The van der Waals surface area contributed by atoms with Crippen molar-refractivity contribution in [2.75, 3.05) is 18.0 Å². The Hall–Kier alpha value is -1.41. The van der Waals surface area contributed by atoms with Crippen LogP contribution in [0, 0.1) is 6.92 Å². The minimum atomic E-state index is -0.316. The Labute approximate surface area is 137 Å². The van der Waals surface area contributed by atoms with Crippen molar-refractivity contribution >= 4 is 29.2 Å². The number of halogens is 1. The predicted molar refractivity (Wildman–Crippen MR) is 84.3 cm³/mol. The Kier molecular flexibility index (Phi) is 4.49. The highest BCUT2D eigenvalue weighted by atomic mass is 35.5. The average Bonchev–Trinajstić information content (AvgIpc) is 2.48. The Morgan fingerprint density at radius 3 is 2.86 bits per heavy atom. The predicted octanol–water partition coefficient (Wildman–Crippen LogP) is 1.66. The van der Waals surface area contributed by atoms with E-state index >= 15 is 0 Å². The third-order valence-electron chi connectivity index (χ3n) is 3.33. The summed E-state index contributed by atoms with van der Waals surface area (Å²) < 4.78 is 0. The zero-order chi connectivity index (χ0) is 15.7. The van der Waals surface area contributed by atoms with Gasteiger partial charge in [0.25, 0.3) is 0 Å². The van der Waals surface area contributed by atoms with Gasteiger partial charge in [-0.3, -0.25) is 4.98 Å². The Balaban J connectivity index is 1.88. The van der Waals surface area contributed by atoms with Crippen LogP contribution >= 0.6 is 23.4 Å². The van der Waals surface area contributed by atoms with Crippen LogP contribution < -0.4 is 4.90 Å². The summed E-state index contributed by atoms with van der Waals surface area (Å²) in [5.41, 5.74) is 1.29. The van der Waals surface area contributed by atoms with Gasteiger partial charge in [0.05, 0.1) is 35.3 Å². The summed E-state index contributed by atoms with van der Waals surface area (Å²) in [6.07, 6.45) is 2.93. The molecule has 3 rings (SSSR count). The average molecular weight is 339 g/mol. The first-order chi connectivity index (χ1) is 10.6. The quantitative estimate of drug-likeness (QED) is 0.877. The first kappa shape index (κ1) is 15.5. The van der Waals surface area contributed by atoms with E-state index in [1.54, 1.807) is 12.4 Å². The summed E-state index contributed by atoms with van der Waals surface area (Å²) in [5.74, 6) is 0.667. The van der Waals surface area contributed by atoms with Crippen LogP contribution in [0.3, 0.4) is 0 Å². The third kappa shape index (κ3) is 3.03. The summed E-state index contributed by atoms with van der Waals surface area (Å²) in [4.78, 5) is 15.6. The van der Waals surface area contributed by atoms with Crippen molar-refractivity contribution < 1.29 is 10.2 Å². The summed E-state index contributed by atoms with van der Waals surface area (Å²) in [6, 6.07) is 1.82. The number of rotatable bonds is 4. The molecule has 2 aromatic rings. The van der Waals surface area contributed by atoms with Crippen molar-refractivity contribution in [3.05, 3.63) is 34.9 Å². The summed E-state index contributed by atoms with van der Waals surface area (Å²) in [6.45, 7) is 2.79. The van der Waals surface area contributed by atoms with E-state index in [-0.39, 0.29) is 12.7 Å². The third-order valence-corrected chi connectivity index (χ3v) is 4.95. The molecule has 0 spiro atoms. The normalized spacial score (nSPS) is 15.0. The van der Waals surface area contributed by atoms with Crippen molar-refractivity contribution in [3.8, 4) is 0 Å². The maximum absolute atomic E-state index is 9.41. The summed E-state index contributed by atoms with van der Waals surface area (Å²) in [5, 5.41) is 19.8. The number of aliphatic hydroxyl groups is 2. The molecule has 116 valence electrons. The van der Waals surface area contributed by atoms with Crippen LogP contribution in [0.15, 0.2) is 28.4 Å². The minimum Gasteiger partial charge on any atom is -0.390 e. The van der Waals surface area contributed by atoms with Gasteiger partial charge in [-0.2, -0.15) is 0 Å². The number of anilines is 1. The first-order valence-corrected chi connectivity index (χ1v) is 7.96. The monoisotopic (exact) mass is 338 g/mol. The SMILES string of the molecule is Cc1ncc(CO)nc1Sc1ccnc(N2CC(O)C2)c1Cl. The van der Waals surface area contributed by atoms with Crippen molar-refractivity contribution in [2.45, 2.75) is 29.6 Å². The standard InChI is InChI=1S/C14H15ClN4O2S/c1-8-14(18-9(7-20)4-17-8)22-11-2-3-16-13(12(11)15)19-5-10(21)6-19/h2-4,10,20-21H,5-7H2,1H3. The lowest BCUT2D eigenvalue weighted by Crippen LogP contribution is -2.51. The second-order valence-corrected chi connectivity index (χ2v) is 6.43. The lowest BCUT2D eigenvalue weighted by molar-refractivity contribution is 0.141. The van der Waals surface area contributed by atoms with Crippen LogP contribution in [-0.2, 0) is 6.61 Å². The van der Waals surface area contributed by atoms with Crippen LogP contribution in [-0.4, -0.2) is 44.4 Å². The van der Waals surface area contributed by atoms with Gasteiger partial charge in [-0.1, -0.05) is 23.4 Å². The van der Waals surface area contributed by atoms with E-state index in [0.717, 1.165) is 10.6 Å². The largest absolute Gasteiger partial charge is 0.390 e. The molecular weight excluding hydrogens is 324 g/mol. The van der Waals surface area contributed by atoms with Crippen LogP contribution in [0.1, 0.15) is 11.4 Å². The number of hydrogen-bond donors (Lipinski definition) is 2. The number of aryl methyl sites for hydroxylation is 1. The van der Waals surface area contributed by atoms with E-state index in [0.29, 0.717) is 34.6 Å². The molecule has 0 bridgehead atoms. The van der Waals surface area contributed by atoms with Gasteiger partial charge in [-0.15, -0.1) is 0 Å². The molecule has 2 aromatic heterocycles. The lowest BCUT2D eigenvalue weighted by Gasteiger charge is -2.37. The van der Waals surface area contributed by atoms with Gasteiger partial charge in [0.15, 0.2) is 0 Å². The van der Waals surface area contributed by atoms with Gasteiger partial charge in [-0.25, -0.2) is 9.97 Å². The molecule has 0 amide bonds. The fourth-order valence-corrected chi connectivity index (χ4v) is 3.32. The molecule has 3 heterocycles. The van der Waals surface area contributed by atoms with Crippen molar-refractivity contribution in [1.82, 2.24) is 15.0 Å². The lowest BCUT2D eigenvalue weighted by atomic mass is 10.2. The smallest absolute Gasteiger partial charge is 0.148 e. The van der Waals surface area contributed by atoms with Crippen LogP contribution in [0.2, 0.25) is 5.02 Å². The molecule has 1 aliphatic rings. The number of aromatic nitrogens is 3. The number of pyridine rings is 1. The molecule has 6 nitrogen and oxygen atoms in total. The molecule has 0 aliphatic carbocycles. The minimum absolute atomic E-state index is 0.151. The molecular formula is C14H15ClN4O2S. The molecule has 0 radical (unpaired) electrons.